The van der Waals surface area contributed by atoms with E-state index in [0.717, 1.165) is 129 Å². The zero-order valence-corrected chi connectivity index (χ0v) is 34.2. The van der Waals surface area contributed by atoms with E-state index in [-0.39, 0.29) is 0 Å². The predicted molar refractivity (Wildman–Crippen MR) is 202 cm³/mol. The second-order valence-corrected chi connectivity index (χ2v) is 27.0. The first kappa shape index (κ1) is 29.3. The van der Waals surface area contributed by atoms with Crippen LogP contribution in [0.2, 0.25) is 0 Å². The minimum Gasteiger partial charge on any atom is -0.0654 e. The zero-order valence-electron chi connectivity index (χ0n) is 34.2. The van der Waals surface area contributed by atoms with E-state index in [1.807, 2.05) is 6.42 Å². The van der Waals surface area contributed by atoms with Crippen LogP contribution in [0.15, 0.2) is 0 Å². The molecule has 0 nitrogen and oxygen atoms in total. The molecule has 0 heterocycles. The molecule has 0 aromatic carbocycles. The van der Waals surface area contributed by atoms with Crippen molar-refractivity contribution in [3.05, 3.63) is 0 Å². The maximum atomic E-state index is 3.27. The van der Waals surface area contributed by atoms with Crippen LogP contribution in [0.5, 0.6) is 0 Å². The highest BCUT2D eigenvalue weighted by Gasteiger charge is 3.12. The summed E-state index contributed by atoms with van der Waals surface area (Å²) in [6, 6.07) is 0. The molecule has 18 bridgehead atoms. The monoisotopic (exact) mass is 685 g/mol. The molecule has 276 valence electrons. The van der Waals surface area contributed by atoms with Crippen molar-refractivity contribution in [1.82, 2.24) is 0 Å². The average Bonchev–Trinajstić information content (AvgIpc) is 3.32. The van der Waals surface area contributed by atoms with Gasteiger partial charge < -0.3 is 0 Å². The lowest BCUT2D eigenvalue weighted by molar-refractivity contribution is -0.546. The number of fused-ring (bicyclic) bond motifs is 1. The molecule has 0 N–H and O–H groups in total. The highest BCUT2D eigenvalue weighted by Crippen LogP contribution is 3.16. The van der Waals surface area contributed by atoms with Crippen LogP contribution in [0, 0.1) is 167 Å². The summed E-state index contributed by atoms with van der Waals surface area (Å²) in [6.07, 6.45) is 21.5. The number of hydrogen-bond acceptors (Lipinski definition) is 0. The molecule has 29 atom stereocenters. The molecule has 18 rings (SSSR count). The van der Waals surface area contributed by atoms with E-state index in [4.69, 9.17) is 0 Å². The lowest BCUT2D eigenvalue weighted by Crippen LogP contribution is -2.97. The fraction of sp³-hybridized carbons (Fsp3) is 1.00. The second-order valence-electron chi connectivity index (χ2n) is 27.0. The van der Waals surface area contributed by atoms with Crippen molar-refractivity contribution in [3.8, 4) is 0 Å². The summed E-state index contributed by atoms with van der Waals surface area (Å²) in [5, 5.41) is 0. The summed E-state index contributed by atoms with van der Waals surface area (Å²) >= 11 is 0. The number of rotatable bonds is 4. The quantitative estimate of drug-likeness (QED) is 0.276. The molecule has 0 aromatic heterocycles. The van der Waals surface area contributed by atoms with Gasteiger partial charge in [-0.3, -0.25) is 0 Å². The van der Waals surface area contributed by atoms with Crippen LogP contribution in [0.4, 0.5) is 0 Å². The van der Waals surface area contributed by atoms with Gasteiger partial charge in [0.15, 0.2) is 0 Å². The highest BCUT2D eigenvalue weighted by molar-refractivity contribution is 5.59. The highest BCUT2D eigenvalue weighted by atomic mass is 15.2. The van der Waals surface area contributed by atoms with Crippen molar-refractivity contribution in [2.75, 3.05) is 0 Å². The van der Waals surface area contributed by atoms with Gasteiger partial charge in [0, 0.05) is 0 Å². The van der Waals surface area contributed by atoms with Crippen molar-refractivity contribution in [3.63, 3.8) is 0 Å². The molecule has 0 aliphatic heterocycles. The van der Waals surface area contributed by atoms with Crippen molar-refractivity contribution in [2.24, 2.45) is 167 Å². The van der Waals surface area contributed by atoms with Gasteiger partial charge in [-0.25, -0.2) is 0 Å². The van der Waals surface area contributed by atoms with Gasteiger partial charge in [-0.15, -0.1) is 0 Å². The first-order chi connectivity index (χ1) is 24.3. The minimum atomic E-state index is 0.591. The van der Waals surface area contributed by atoms with Gasteiger partial charge in [-0.2, -0.15) is 0 Å². The summed E-state index contributed by atoms with van der Waals surface area (Å²) in [4.78, 5) is 0. The largest absolute Gasteiger partial charge is 0.0654 e. The fourth-order valence-corrected chi connectivity index (χ4v) is 31.2. The minimum absolute atomic E-state index is 0.591. The van der Waals surface area contributed by atoms with Crippen LogP contribution in [0.25, 0.3) is 0 Å². The lowest BCUT2D eigenvalue weighted by atomic mass is 9.03. The maximum absolute atomic E-state index is 3.27. The molecule has 29 unspecified atom stereocenters. The van der Waals surface area contributed by atoms with Gasteiger partial charge in [0.05, 0.1) is 0 Å². The maximum Gasteiger partial charge on any atom is -0.00772 e. The summed E-state index contributed by atoms with van der Waals surface area (Å²) < 4.78 is 0. The Bertz CT molecular complexity index is 1830. The Kier molecular flexibility index (Phi) is 4.08. The fourth-order valence-electron chi connectivity index (χ4n) is 31.2. The van der Waals surface area contributed by atoms with Crippen LogP contribution in [0.3, 0.4) is 0 Å². The molecule has 18 fully saturated rings. The third kappa shape index (κ3) is 1.81. The Morgan fingerprint density at radius 1 is 0.667 bits per heavy atom. The molecule has 18 saturated carbocycles. The van der Waals surface area contributed by atoms with Gasteiger partial charge in [-0.1, -0.05) is 88.0 Å². The molecule has 0 saturated heterocycles. The second kappa shape index (κ2) is 7.10. The van der Waals surface area contributed by atoms with Crippen LogP contribution < -0.4 is 0 Å². The molecule has 0 heteroatoms. The van der Waals surface area contributed by atoms with Crippen LogP contribution in [0.1, 0.15) is 146 Å². The van der Waals surface area contributed by atoms with E-state index in [1.165, 1.54) is 19.3 Å². The van der Waals surface area contributed by atoms with Crippen LogP contribution in [-0.2, 0) is 0 Å². The SMILES string of the molecule is CCCC1CC2CC3C4C5C(C)CC3(C)C36C7C(CC89CC%10(C)CC(C)(CC)C8CC8%11C(C%12C%10C%10CC%13C(CC)C3(C)C%10%13CC%1298)C4C2%116)C(C5C)C17. The molecule has 0 radical (unpaired) electrons. The van der Waals surface area contributed by atoms with Gasteiger partial charge in [-0.05, 0) is 224 Å². The molecule has 0 aromatic rings. The molecule has 18 aliphatic rings. The molecular weight excluding hydrogens is 613 g/mol. The third-order valence-electron chi connectivity index (χ3n) is 28.9. The van der Waals surface area contributed by atoms with E-state index in [9.17, 15) is 0 Å². The Balaban J connectivity index is 1.17. The zero-order chi connectivity index (χ0) is 34.2. The average molecular weight is 685 g/mol. The predicted octanol–water partition coefficient (Wildman–Crippen LogP) is 12.0. The van der Waals surface area contributed by atoms with Gasteiger partial charge in [0.25, 0.3) is 0 Å². The molecule has 18 aliphatic carbocycles. The summed E-state index contributed by atoms with van der Waals surface area (Å²) in [7, 11) is 0. The van der Waals surface area contributed by atoms with Crippen molar-refractivity contribution in [1.29, 1.82) is 0 Å². The Morgan fingerprint density at radius 3 is 2.24 bits per heavy atom. The van der Waals surface area contributed by atoms with Crippen molar-refractivity contribution >= 4 is 0 Å². The first-order valence-electron chi connectivity index (χ1n) is 24.3. The summed E-state index contributed by atoms with van der Waals surface area (Å²) in [5.41, 5.74) is 6.70. The molecular formula is C51H72. The summed E-state index contributed by atoms with van der Waals surface area (Å²) in [5.74, 6) is 20.6. The van der Waals surface area contributed by atoms with Gasteiger partial charge in [0.2, 0.25) is 0 Å². The first-order valence-corrected chi connectivity index (χ1v) is 24.3. The third-order valence-corrected chi connectivity index (χ3v) is 28.9. The van der Waals surface area contributed by atoms with E-state index in [2.05, 4.69) is 62.3 Å². The topological polar surface area (TPSA) is 0 Å². The Hall–Kier alpha value is 0. The van der Waals surface area contributed by atoms with E-state index < -0.39 is 0 Å². The lowest BCUT2D eigenvalue weighted by Gasteiger charge is -3.01. The standard InChI is InChI=1S/C51H72/c1-10-13-25-14-26-15-30-36-33-23(4)17-44(30,8)51-37-27(34(24(33)5)35(25)37)18-46-21-43(7)20-42(6,12-3)32(46)19-48-41(39(36)50(26,48)51)40-38(43)31-16-29-28(11-2)45(51,9)47(29,31)22-49(40,46)48/h23-41H,10-22H2,1-9H3. The van der Waals surface area contributed by atoms with Crippen molar-refractivity contribution < 1.29 is 0 Å². The van der Waals surface area contributed by atoms with Gasteiger partial charge >= 0.3 is 0 Å². The summed E-state index contributed by atoms with van der Waals surface area (Å²) in [6.45, 7) is 26.5. The Labute approximate surface area is 311 Å². The van der Waals surface area contributed by atoms with Crippen LogP contribution in [-0.4, -0.2) is 0 Å². The van der Waals surface area contributed by atoms with Crippen LogP contribution >= 0.6 is 0 Å². The Morgan fingerprint density at radius 2 is 1.47 bits per heavy atom. The smallest absolute Gasteiger partial charge is 0.00772 e. The van der Waals surface area contributed by atoms with Crippen molar-refractivity contribution in [2.45, 2.75) is 146 Å². The van der Waals surface area contributed by atoms with E-state index >= 15 is 0 Å². The van der Waals surface area contributed by atoms with Gasteiger partial charge in [0.1, 0.15) is 0 Å². The van der Waals surface area contributed by atoms with E-state index in [0.29, 0.717) is 37.9 Å². The van der Waals surface area contributed by atoms with E-state index in [1.54, 1.807) is 57.8 Å². The normalized spacial score (nSPS) is 83.6. The number of hydrogen-bond donors (Lipinski definition) is 0. The molecule has 51 heavy (non-hydrogen) atoms. The molecule has 6 spiro atoms. The molecule has 0 amide bonds.